The van der Waals surface area contributed by atoms with Crippen LogP contribution in [-0.2, 0) is 11.3 Å². The molecule has 2 aromatic rings. The molecule has 140 valence electrons. The van der Waals surface area contributed by atoms with Crippen LogP contribution in [0, 0.1) is 11.3 Å². The van der Waals surface area contributed by atoms with Crippen molar-refractivity contribution < 1.29 is 19.1 Å². The van der Waals surface area contributed by atoms with Crippen LogP contribution in [-0.4, -0.2) is 38.0 Å². The fourth-order valence-corrected chi connectivity index (χ4v) is 2.50. The van der Waals surface area contributed by atoms with Crippen molar-refractivity contribution in [2.24, 2.45) is 0 Å². The van der Waals surface area contributed by atoms with Crippen LogP contribution in [0.15, 0.2) is 42.5 Å². The Morgan fingerprint density at radius 1 is 1.11 bits per heavy atom. The SMILES string of the molecule is COc1ccc(CN(C)C(=O)c2ccc(NC(=O)CC#N)cc2)c(OC)c1. The lowest BCUT2D eigenvalue weighted by molar-refractivity contribution is -0.115. The molecule has 0 saturated heterocycles. The summed E-state index contributed by atoms with van der Waals surface area (Å²) in [7, 11) is 4.85. The number of rotatable bonds is 7. The number of methoxy groups -OCH3 is 2. The number of carbonyl (C=O) groups excluding carboxylic acids is 2. The van der Waals surface area contributed by atoms with E-state index in [1.807, 2.05) is 12.1 Å². The Kier molecular flexibility index (Phi) is 6.78. The van der Waals surface area contributed by atoms with E-state index in [1.165, 1.54) is 0 Å². The summed E-state index contributed by atoms with van der Waals surface area (Å²) in [4.78, 5) is 25.6. The standard InChI is InChI=1S/C20H21N3O4/c1-23(13-15-6-9-17(26-2)12-18(15)27-3)20(25)14-4-7-16(8-5-14)22-19(24)10-11-21/h4-9,12H,10,13H2,1-3H3,(H,22,24). The lowest BCUT2D eigenvalue weighted by Crippen LogP contribution is -2.26. The van der Waals surface area contributed by atoms with Gasteiger partial charge in [0, 0.05) is 36.5 Å². The fraction of sp³-hybridized carbons (Fsp3) is 0.250. The van der Waals surface area contributed by atoms with Gasteiger partial charge < -0.3 is 19.7 Å². The van der Waals surface area contributed by atoms with Crippen molar-refractivity contribution in [2.75, 3.05) is 26.6 Å². The molecule has 0 radical (unpaired) electrons. The quantitative estimate of drug-likeness (QED) is 0.812. The van der Waals surface area contributed by atoms with Crippen molar-refractivity contribution in [1.29, 1.82) is 5.26 Å². The smallest absolute Gasteiger partial charge is 0.253 e. The monoisotopic (exact) mass is 367 g/mol. The van der Waals surface area contributed by atoms with Gasteiger partial charge >= 0.3 is 0 Å². The lowest BCUT2D eigenvalue weighted by Gasteiger charge is -2.19. The predicted molar refractivity (Wildman–Crippen MR) is 101 cm³/mol. The van der Waals surface area contributed by atoms with Crippen LogP contribution < -0.4 is 14.8 Å². The first-order valence-electron chi connectivity index (χ1n) is 8.21. The largest absolute Gasteiger partial charge is 0.497 e. The highest BCUT2D eigenvalue weighted by atomic mass is 16.5. The summed E-state index contributed by atoms with van der Waals surface area (Å²) in [6.45, 7) is 0.368. The molecule has 0 unspecified atom stereocenters. The second-order valence-electron chi connectivity index (χ2n) is 5.80. The lowest BCUT2D eigenvalue weighted by atomic mass is 10.1. The van der Waals surface area contributed by atoms with Gasteiger partial charge in [0.1, 0.15) is 17.9 Å². The van der Waals surface area contributed by atoms with Gasteiger partial charge in [-0.05, 0) is 36.4 Å². The van der Waals surface area contributed by atoms with Gasteiger partial charge in [-0.2, -0.15) is 5.26 Å². The van der Waals surface area contributed by atoms with Crippen molar-refractivity contribution in [3.05, 3.63) is 53.6 Å². The Morgan fingerprint density at radius 3 is 2.41 bits per heavy atom. The molecule has 1 N–H and O–H groups in total. The minimum absolute atomic E-state index is 0.164. The van der Waals surface area contributed by atoms with E-state index in [4.69, 9.17) is 14.7 Å². The van der Waals surface area contributed by atoms with Gasteiger partial charge in [-0.15, -0.1) is 0 Å². The minimum atomic E-state index is -0.389. The van der Waals surface area contributed by atoms with Crippen molar-refractivity contribution in [2.45, 2.75) is 13.0 Å². The van der Waals surface area contributed by atoms with Crippen molar-refractivity contribution in [3.63, 3.8) is 0 Å². The van der Waals surface area contributed by atoms with Crippen LogP contribution >= 0.6 is 0 Å². The summed E-state index contributed by atoms with van der Waals surface area (Å²) in [6.07, 6.45) is -0.215. The van der Waals surface area contributed by atoms with Gasteiger partial charge in [0.15, 0.2) is 0 Å². The first kappa shape index (κ1) is 19.8. The van der Waals surface area contributed by atoms with Crippen LogP contribution in [0.5, 0.6) is 11.5 Å². The van der Waals surface area contributed by atoms with Crippen LogP contribution in [0.2, 0.25) is 0 Å². The molecule has 7 heteroatoms. The van der Waals surface area contributed by atoms with Gasteiger partial charge in [-0.1, -0.05) is 0 Å². The van der Waals surface area contributed by atoms with E-state index < -0.39 is 0 Å². The Labute approximate surface area is 158 Å². The van der Waals surface area contributed by atoms with E-state index in [0.717, 1.165) is 5.56 Å². The number of nitrogens with one attached hydrogen (secondary N) is 1. The van der Waals surface area contributed by atoms with Crippen LogP contribution in [0.4, 0.5) is 5.69 Å². The Hall–Kier alpha value is -3.53. The molecule has 0 atom stereocenters. The molecule has 0 aliphatic rings. The Morgan fingerprint density at radius 2 is 1.81 bits per heavy atom. The fourth-order valence-electron chi connectivity index (χ4n) is 2.50. The van der Waals surface area contributed by atoms with Gasteiger partial charge in [0.2, 0.25) is 5.91 Å². The van der Waals surface area contributed by atoms with E-state index in [0.29, 0.717) is 29.3 Å². The summed E-state index contributed by atoms with van der Waals surface area (Å²) >= 11 is 0. The number of hydrogen-bond acceptors (Lipinski definition) is 5. The van der Waals surface area contributed by atoms with Crippen LogP contribution in [0.1, 0.15) is 22.3 Å². The second kappa shape index (κ2) is 9.25. The molecular formula is C20H21N3O4. The zero-order chi connectivity index (χ0) is 19.8. The molecule has 2 rings (SSSR count). The van der Waals surface area contributed by atoms with Gasteiger partial charge in [-0.3, -0.25) is 9.59 Å². The van der Waals surface area contributed by atoms with E-state index >= 15 is 0 Å². The maximum absolute atomic E-state index is 12.6. The van der Waals surface area contributed by atoms with Gasteiger partial charge in [0.05, 0.1) is 20.3 Å². The highest BCUT2D eigenvalue weighted by Gasteiger charge is 2.15. The first-order chi connectivity index (χ1) is 13.0. The highest BCUT2D eigenvalue weighted by molar-refractivity contribution is 5.96. The topological polar surface area (TPSA) is 91.7 Å². The maximum Gasteiger partial charge on any atom is 0.253 e. The molecular weight excluding hydrogens is 346 g/mol. The maximum atomic E-state index is 12.6. The van der Waals surface area contributed by atoms with E-state index in [9.17, 15) is 9.59 Å². The van der Waals surface area contributed by atoms with Crippen molar-refractivity contribution >= 4 is 17.5 Å². The Balaban J connectivity index is 2.07. The molecule has 0 fully saturated rings. The molecule has 0 heterocycles. The number of ether oxygens (including phenoxy) is 2. The summed E-state index contributed by atoms with van der Waals surface area (Å²) < 4.78 is 10.5. The third-order valence-corrected chi connectivity index (χ3v) is 3.90. The highest BCUT2D eigenvalue weighted by Crippen LogP contribution is 2.26. The second-order valence-corrected chi connectivity index (χ2v) is 5.80. The molecule has 0 aromatic heterocycles. The number of carbonyl (C=O) groups is 2. The third kappa shape index (κ3) is 5.22. The van der Waals surface area contributed by atoms with Crippen LogP contribution in [0.25, 0.3) is 0 Å². The normalized spacial score (nSPS) is 9.85. The Bertz CT molecular complexity index is 857. The summed E-state index contributed by atoms with van der Waals surface area (Å²) in [6, 6.07) is 13.7. The molecule has 7 nitrogen and oxygen atoms in total. The van der Waals surface area contributed by atoms with E-state index in [-0.39, 0.29) is 18.2 Å². The molecule has 0 aliphatic heterocycles. The number of anilines is 1. The van der Waals surface area contributed by atoms with E-state index in [1.54, 1.807) is 62.6 Å². The van der Waals surface area contributed by atoms with Crippen LogP contribution in [0.3, 0.4) is 0 Å². The minimum Gasteiger partial charge on any atom is -0.497 e. The molecule has 27 heavy (non-hydrogen) atoms. The average molecular weight is 367 g/mol. The zero-order valence-electron chi connectivity index (χ0n) is 15.5. The van der Waals surface area contributed by atoms with E-state index in [2.05, 4.69) is 5.32 Å². The number of nitrogens with zero attached hydrogens (tertiary/aromatic N) is 2. The number of amides is 2. The molecule has 0 saturated carbocycles. The summed E-state index contributed by atoms with van der Waals surface area (Å²) in [5, 5.41) is 11.1. The number of nitriles is 1. The molecule has 2 aromatic carbocycles. The molecule has 2 amide bonds. The number of hydrogen-bond donors (Lipinski definition) is 1. The third-order valence-electron chi connectivity index (χ3n) is 3.90. The summed E-state index contributed by atoms with van der Waals surface area (Å²) in [5.41, 5.74) is 1.88. The molecule has 0 bridgehead atoms. The zero-order valence-corrected chi connectivity index (χ0v) is 15.5. The first-order valence-corrected chi connectivity index (χ1v) is 8.21. The average Bonchev–Trinajstić information content (AvgIpc) is 2.68. The number of benzene rings is 2. The molecule has 0 aliphatic carbocycles. The van der Waals surface area contributed by atoms with Crippen molar-refractivity contribution in [3.8, 4) is 17.6 Å². The van der Waals surface area contributed by atoms with Crippen molar-refractivity contribution in [1.82, 2.24) is 4.90 Å². The van der Waals surface area contributed by atoms with Gasteiger partial charge in [0.25, 0.3) is 5.91 Å². The predicted octanol–water partition coefficient (Wildman–Crippen LogP) is 2.83. The molecule has 0 spiro atoms. The summed E-state index contributed by atoms with van der Waals surface area (Å²) in [5.74, 6) is 0.770. The van der Waals surface area contributed by atoms with Gasteiger partial charge in [-0.25, -0.2) is 0 Å².